The summed E-state index contributed by atoms with van der Waals surface area (Å²) in [5, 5.41) is 5.01. The summed E-state index contributed by atoms with van der Waals surface area (Å²) in [7, 11) is 0. The number of nitrogens with zero attached hydrogens (tertiary/aromatic N) is 2. The van der Waals surface area contributed by atoms with E-state index < -0.39 is 18.0 Å². The number of carbonyl (C=O) groups is 4. The Bertz CT molecular complexity index is 1210. The van der Waals surface area contributed by atoms with Crippen LogP contribution in [0.3, 0.4) is 0 Å². The molecule has 2 atom stereocenters. The summed E-state index contributed by atoms with van der Waals surface area (Å²) in [6.45, 7) is 2.53. The Morgan fingerprint density at radius 3 is 2.68 bits per heavy atom. The summed E-state index contributed by atoms with van der Waals surface area (Å²) in [6, 6.07) is 8.46. The third-order valence-corrected chi connectivity index (χ3v) is 7.82. The number of nitrogens with one attached hydrogen (secondary N) is 2. The van der Waals surface area contributed by atoms with Crippen molar-refractivity contribution >= 4 is 29.5 Å². The second kappa shape index (κ2) is 10.7. The monoisotopic (exact) mass is 504 g/mol. The molecular formula is C28H32N4O5. The van der Waals surface area contributed by atoms with Gasteiger partial charge in [-0.15, -0.1) is 0 Å². The lowest BCUT2D eigenvalue weighted by atomic mass is 9.79. The molecular weight excluding hydrogens is 472 g/mol. The van der Waals surface area contributed by atoms with Gasteiger partial charge in [0, 0.05) is 30.1 Å². The number of aromatic nitrogens is 1. The minimum absolute atomic E-state index is 0.00492. The first-order chi connectivity index (χ1) is 17.9. The second-order valence-corrected chi connectivity index (χ2v) is 10.3. The molecule has 194 valence electrons. The predicted octanol–water partition coefficient (Wildman–Crippen LogP) is 4.28. The van der Waals surface area contributed by atoms with Crippen molar-refractivity contribution in [3.63, 3.8) is 0 Å². The van der Waals surface area contributed by atoms with Crippen molar-refractivity contribution in [2.45, 2.75) is 77.0 Å². The third-order valence-electron chi connectivity index (χ3n) is 7.82. The summed E-state index contributed by atoms with van der Waals surface area (Å²) in [6.07, 6.45) is 7.98. The van der Waals surface area contributed by atoms with Crippen molar-refractivity contribution in [2.75, 3.05) is 5.32 Å². The van der Waals surface area contributed by atoms with E-state index in [4.69, 9.17) is 4.74 Å². The van der Waals surface area contributed by atoms with Crippen LogP contribution < -0.4 is 10.6 Å². The highest BCUT2D eigenvalue weighted by Gasteiger charge is 2.39. The number of fused-ring (bicyclic) bond motifs is 1. The molecule has 2 aromatic rings. The minimum Gasteiger partial charge on any atom is -0.444 e. The molecule has 0 radical (unpaired) electrons. The highest BCUT2D eigenvalue weighted by Crippen LogP contribution is 2.35. The van der Waals surface area contributed by atoms with Crippen LogP contribution >= 0.6 is 0 Å². The van der Waals surface area contributed by atoms with E-state index in [0.29, 0.717) is 41.6 Å². The summed E-state index contributed by atoms with van der Waals surface area (Å²) < 4.78 is 5.37. The number of imide groups is 1. The molecule has 2 aliphatic heterocycles. The van der Waals surface area contributed by atoms with Crippen LogP contribution in [0.1, 0.15) is 85.0 Å². The lowest BCUT2D eigenvalue weighted by molar-refractivity contribution is -0.136. The molecule has 3 heterocycles. The fraction of sp³-hybridized carbons (Fsp3) is 0.464. The van der Waals surface area contributed by atoms with E-state index in [1.54, 1.807) is 18.3 Å². The minimum atomic E-state index is -0.659. The number of carbonyl (C=O) groups excluding carboxylic acids is 4. The fourth-order valence-corrected chi connectivity index (χ4v) is 5.62. The van der Waals surface area contributed by atoms with Crippen molar-refractivity contribution < 1.29 is 23.9 Å². The number of hydrogen-bond donors (Lipinski definition) is 2. The molecule has 1 aromatic heterocycles. The number of rotatable bonds is 6. The predicted molar refractivity (Wildman–Crippen MR) is 136 cm³/mol. The molecule has 37 heavy (non-hydrogen) atoms. The van der Waals surface area contributed by atoms with Crippen molar-refractivity contribution in [2.24, 2.45) is 5.92 Å². The standard InChI is InChI=1S/C28H32N4O5/c1-17(19-5-3-2-4-6-19)23-10-9-21(14-29-23)30-28(36)37-16-18-7-8-20-15-32(27(35)22(20)13-18)24-11-12-25(33)31-26(24)34/h7-10,13-14,17,19,24H,2-6,11-12,15-16H2,1H3,(H,30,36)(H,31,33,34). The topological polar surface area (TPSA) is 118 Å². The van der Waals surface area contributed by atoms with Crippen LogP contribution in [-0.2, 0) is 27.5 Å². The van der Waals surface area contributed by atoms with E-state index in [2.05, 4.69) is 22.5 Å². The number of hydrogen-bond acceptors (Lipinski definition) is 6. The molecule has 3 aliphatic rings. The molecule has 2 N–H and O–H groups in total. The molecule has 1 aliphatic carbocycles. The summed E-state index contributed by atoms with van der Waals surface area (Å²) in [4.78, 5) is 55.0. The van der Waals surface area contributed by atoms with Crippen LogP contribution in [-0.4, -0.2) is 39.7 Å². The number of anilines is 1. The highest BCUT2D eigenvalue weighted by molar-refractivity contribution is 6.05. The number of piperidine rings is 1. The largest absolute Gasteiger partial charge is 0.444 e. The maximum Gasteiger partial charge on any atom is 0.412 e. The van der Waals surface area contributed by atoms with Gasteiger partial charge < -0.3 is 9.64 Å². The van der Waals surface area contributed by atoms with Crippen LogP contribution in [0.15, 0.2) is 36.5 Å². The van der Waals surface area contributed by atoms with Gasteiger partial charge >= 0.3 is 6.09 Å². The van der Waals surface area contributed by atoms with E-state index in [-0.39, 0.29) is 24.8 Å². The highest BCUT2D eigenvalue weighted by atomic mass is 16.5. The molecule has 4 amide bonds. The van der Waals surface area contributed by atoms with E-state index >= 15 is 0 Å². The first-order valence-electron chi connectivity index (χ1n) is 13.0. The Balaban J connectivity index is 1.14. The Hall–Kier alpha value is -3.75. The van der Waals surface area contributed by atoms with Crippen LogP contribution in [0.5, 0.6) is 0 Å². The molecule has 0 spiro atoms. The van der Waals surface area contributed by atoms with Gasteiger partial charge in [0.05, 0.1) is 11.9 Å². The molecule has 9 heteroatoms. The number of amides is 4. The lowest BCUT2D eigenvalue weighted by Gasteiger charge is -2.29. The molecule has 1 saturated heterocycles. The first kappa shape index (κ1) is 24.9. The fourth-order valence-electron chi connectivity index (χ4n) is 5.62. The smallest absolute Gasteiger partial charge is 0.412 e. The Morgan fingerprint density at radius 2 is 1.95 bits per heavy atom. The van der Waals surface area contributed by atoms with Gasteiger partial charge in [0.25, 0.3) is 5.91 Å². The maximum atomic E-state index is 13.0. The third kappa shape index (κ3) is 5.50. The molecule has 9 nitrogen and oxygen atoms in total. The second-order valence-electron chi connectivity index (χ2n) is 10.3. The molecule has 1 aromatic carbocycles. The van der Waals surface area contributed by atoms with Crippen molar-refractivity contribution in [3.8, 4) is 0 Å². The Morgan fingerprint density at radius 1 is 1.14 bits per heavy atom. The van der Waals surface area contributed by atoms with Crippen LogP contribution in [0.25, 0.3) is 0 Å². The van der Waals surface area contributed by atoms with Gasteiger partial charge in [0.15, 0.2) is 0 Å². The van der Waals surface area contributed by atoms with E-state index in [1.807, 2.05) is 18.2 Å². The molecule has 2 unspecified atom stereocenters. The summed E-state index contributed by atoms with van der Waals surface area (Å²) >= 11 is 0. The zero-order valence-electron chi connectivity index (χ0n) is 21.0. The first-order valence-corrected chi connectivity index (χ1v) is 13.0. The van der Waals surface area contributed by atoms with Crippen LogP contribution in [0.2, 0.25) is 0 Å². The number of ether oxygens (including phenoxy) is 1. The average Bonchev–Trinajstić information content (AvgIpc) is 3.23. The Kier molecular flexibility index (Phi) is 7.21. The van der Waals surface area contributed by atoms with Crippen molar-refractivity contribution in [1.82, 2.24) is 15.2 Å². The van der Waals surface area contributed by atoms with E-state index in [0.717, 1.165) is 11.3 Å². The van der Waals surface area contributed by atoms with Gasteiger partial charge in [-0.1, -0.05) is 38.3 Å². The van der Waals surface area contributed by atoms with E-state index in [9.17, 15) is 19.2 Å². The van der Waals surface area contributed by atoms with E-state index in [1.165, 1.54) is 37.0 Å². The maximum absolute atomic E-state index is 13.0. The molecule has 5 rings (SSSR count). The van der Waals surface area contributed by atoms with Gasteiger partial charge in [0.1, 0.15) is 12.6 Å². The molecule has 1 saturated carbocycles. The SMILES string of the molecule is CC(c1ccc(NC(=O)OCc2ccc3c(c2)C(=O)N(C2CCC(=O)NC2=O)C3)cn1)C1CCCCC1. The van der Waals surface area contributed by atoms with Crippen LogP contribution in [0, 0.1) is 5.92 Å². The van der Waals surface area contributed by atoms with Gasteiger partial charge in [0.2, 0.25) is 11.8 Å². The van der Waals surface area contributed by atoms with Crippen molar-refractivity contribution in [3.05, 3.63) is 58.9 Å². The van der Waals surface area contributed by atoms with Gasteiger partial charge in [-0.05, 0) is 54.5 Å². The normalized spacial score (nSPS) is 20.8. The van der Waals surface area contributed by atoms with Crippen molar-refractivity contribution in [1.29, 1.82) is 0 Å². The number of benzene rings is 1. The lowest BCUT2D eigenvalue weighted by Crippen LogP contribution is -2.52. The van der Waals surface area contributed by atoms with Crippen LogP contribution in [0.4, 0.5) is 10.5 Å². The average molecular weight is 505 g/mol. The molecule has 2 fully saturated rings. The zero-order valence-corrected chi connectivity index (χ0v) is 21.0. The Labute approximate surface area is 216 Å². The zero-order chi connectivity index (χ0) is 25.9. The quantitative estimate of drug-likeness (QED) is 0.567. The van der Waals surface area contributed by atoms with Gasteiger partial charge in [-0.2, -0.15) is 0 Å². The number of pyridine rings is 1. The summed E-state index contributed by atoms with van der Waals surface area (Å²) in [5.41, 5.74) is 3.56. The summed E-state index contributed by atoms with van der Waals surface area (Å²) in [5.74, 6) is 0.0481. The van der Waals surface area contributed by atoms with Gasteiger partial charge in [-0.3, -0.25) is 30.0 Å². The molecule has 0 bridgehead atoms. The van der Waals surface area contributed by atoms with Gasteiger partial charge in [-0.25, -0.2) is 4.79 Å².